The van der Waals surface area contributed by atoms with Crippen LogP contribution in [0.1, 0.15) is 36.5 Å². The number of nitrogens with zero attached hydrogens (tertiary/aromatic N) is 1. The van der Waals surface area contributed by atoms with E-state index >= 15 is 0 Å². The maximum absolute atomic E-state index is 13.7. The lowest BCUT2D eigenvalue weighted by atomic mass is 9.57. The van der Waals surface area contributed by atoms with Crippen LogP contribution in [0.2, 0.25) is 0 Å². The van der Waals surface area contributed by atoms with Crippen LogP contribution in [-0.2, 0) is 20.8 Å². The van der Waals surface area contributed by atoms with Crippen LogP contribution < -0.4 is 5.73 Å². The third-order valence-corrected chi connectivity index (χ3v) is 7.00. The number of nitrogens with two attached hydrogens (primary N) is 1. The summed E-state index contributed by atoms with van der Waals surface area (Å²) in [5.74, 6) is -0.706. The number of carbonyl (C=O) groups is 3. The van der Waals surface area contributed by atoms with Crippen molar-refractivity contribution in [3.8, 4) is 17.6 Å². The van der Waals surface area contributed by atoms with Gasteiger partial charge in [0.25, 0.3) is 5.91 Å². The molecule has 1 saturated carbocycles. The minimum Gasteiger partial charge on any atom is -0.508 e. The van der Waals surface area contributed by atoms with E-state index in [2.05, 4.69) is 11.8 Å². The molecular formula is C25H26N2O7. The minimum atomic E-state index is -2.64. The van der Waals surface area contributed by atoms with Crippen LogP contribution in [0.4, 0.5) is 0 Å². The Kier molecular flexibility index (Phi) is 5.55. The number of aliphatic hydroxyl groups is 3. The summed E-state index contributed by atoms with van der Waals surface area (Å²) in [6, 6.07) is 1.89. The zero-order chi connectivity index (χ0) is 25.1. The molecule has 0 spiro atoms. The van der Waals surface area contributed by atoms with Crippen molar-refractivity contribution in [2.75, 3.05) is 14.1 Å². The first-order chi connectivity index (χ1) is 16.0. The van der Waals surface area contributed by atoms with E-state index < -0.39 is 58.0 Å². The molecular weight excluding hydrogens is 440 g/mol. The van der Waals surface area contributed by atoms with Gasteiger partial charge in [0.05, 0.1) is 11.6 Å². The molecule has 34 heavy (non-hydrogen) atoms. The number of aliphatic hydroxyl groups excluding tert-OH is 2. The van der Waals surface area contributed by atoms with Gasteiger partial charge in [-0.25, -0.2) is 0 Å². The highest BCUT2D eigenvalue weighted by molar-refractivity contribution is 6.24. The second-order valence-electron chi connectivity index (χ2n) is 9.10. The summed E-state index contributed by atoms with van der Waals surface area (Å²) in [4.78, 5) is 40.2. The second-order valence-corrected chi connectivity index (χ2v) is 9.10. The topological polar surface area (TPSA) is 161 Å². The summed E-state index contributed by atoms with van der Waals surface area (Å²) in [7, 11) is 3.12. The lowest BCUT2D eigenvalue weighted by molar-refractivity contribution is -0.153. The summed E-state index contributed by atoms with van der Waals surface area (Å²) in [6.07, 6.45) is 0.860. The molecule has 0 aliphatic heterocycles. The number of ketones is 2. The number of hydrogen-bond acceptors (Lipinski definition) is 8. The van der Waals surface area contributed by atoms with E-state index in [0.717, 1.165) is 0 Å². The Hall–Kier alpha value is -3.61. The first-order valence-corrected chi connectivity index (χ1v) is 10.9. The van der Waals surface area contributed by atoms with Gasteiger partial charge in [0.1, 0.15) is 22.8 Å². The van der Waals surface area contributed by atoms with Gasteiger partial charge in [0.15, 0.2) is 11.4 Å². The summed E-state index contributed by atoms with van der Waals surface area (Å²) in [6.45, 7) is 1.89. The number of rotatable bonds is 2. The minimum absolute atomic E-state index is 0.0409. The number of Topliss-reactive ketones (excluding diaryl/α,β-unsaturated/α-hetero) is 2. The fourth-order valence-electron chi connectivity index (χ4n) is 5.54. The van der Waals surface area contributed by atoms with Crippen LogP contribution in [0.15, 0.2) is 29.0 Å². The molecule has 4 rings (SSSR count). The number of aromatic hydroxyl groups is 1. The normalized spacial score (nSPS) is 28.2. The molecule has 0 unspecified atom stereocenters. The molecule has 178 valence electrons. The van der Waals surface area contributed by atoms with E-state index in [-0.39, 0.29) is 29.7 Å². The van der Waals surface area contributed by atoms with Gasteiger partial charge < -0.3 is 26.2 Å². The Morgan fingerprint density at radius 2 is 1.91 bits per heavy atom. The Morgan fingerprint density at radius 3 is 2.50 bits per heavy atom. The van der Waals surface area contributed by atoms with Crippen LogP contribution in [0.3, 0.4) is 0 Å². The largest absolute Gasteiger partial charge is 0.508 e. The van der Waals surface area contributed by atoms with Crippen LogP contribution in [0.5, 0.6) is 5.75 Å². The molecule has 0 saturated heterocycles. The van der Waals surface area contributed by atoms with Crippen molar-refractivity contribution in [1.29, 1.82) is 0 Å². The van der Waals surface area contributed by atoms with E-state index in [1.54, 1.807) is 20.2 Å². The number of likely N-dealkylation sites (N-methyl/N-ethyl adjacent to an activating group) is 1. The Bertz CT molecular complexity index is 1260. The number of amides is 1. The van der Waals surface area contributed by atoms with Crippen LogP contribution in [0, 0.1) is 23.7 Å². The van der Waals surface area contributed by atoms with E-state index in [4.69, 9.17) is 5.73 Å². The lowest BCUT2D eigenvalue weighted by Crippen LogP contribution is -2.65. The van der Waals surface area contributed by atoms with Crippen LogP contribution in [-0.4, -0.2) is 68.5 Å². The highest BCUT2D eigenvalue weighted by Gasteiger charge is 2.64. The van der Waals surface area contributed by atoms with Gasteiger partial charge in [-0.3, -0.25) is 19.3 Å². The Morgan fingerprint density at radius 1 is 1.24 bits per heavy atom. The maximum atomic E-state index is 13.7. The quantitative estimate of drug-likeness (QED) is 0.315. The molecule has 1 aromatic carbocycles. The first kappa shape index (κ1) is 23.5. The molecule has 1 fully saturated rings. The molecule has 3 aliphatic rings. The Labute approximate surface area is 196 Å². The van der Waals surface area contributed by atoms with Crippen LogP contribution >= 0.6 is 0 Å². The molecule has 6 N–H and O–H groups in total. The predicted molar refractivity (Wildman–Crippen MR) is 121 cm³/mol. The summed E-state index contributed by atoms with van der Waals surface area (Å²) in [5.41, 5.74) is 2.86. The molecule has 4 atom stereocenters. The van der Waals surface area contributed by atoms with Gasteiger partial charge in [0, 0.05) is 23.5 Å². The first-order valence-electron chi connectivity index (χ1n) is 10.9. The summed E-state index contributed by atoms with van der Waals surface area (Å²) < 4.78 is 0. The number of phenolic OH excluding ortho intramolecular Hbond substituents is 1. The van der Waals surface area contributed by atoms with Gasteiger partial charge in [-0.15, -0.1) is 0 Å². The van der Waals surface area contributed by atoms with E-state index in [9.17, 15) is 34.8 Å². The van der Waals surface area contributed by atoms with Crippen molar-refractivity contribution in [2.45, 2.75) is 37.8 Å². The maximum Gasteiger partial charge on any atom is 0.255 e. The van der Waals surface area contributed by atoms with Crippen LogP contribution in [0.25, 0.3) is 5.76 Å². The van der Waals surface area contributed by atoms with Crippen molar-refractivity contribution in [3.05, 3.63) is 45.7 Å². The lowest BCUT2D eigenvalue weighted by Gasteiger charge is -2.50. The predicted octanol–water partition coefficient (Wildman–Crippen LogP) is 0.725. The molecule has 0 heterocycles. The van der Waals surface area contributed by atoms with E-state index in [0.29, 0.717) is 17.5 Å². The number of fused-ring (bicyclic) bond motifs is 3. The summed E-state index contributed by atoms with van der Waals surface area (Å²) in [5, 5.41) is 44.0. The van der Waals surface area contributed by atoms with Gasteiger partial charge in [-0.05, 0) is 50.6 Å². The zero-order valence-electron chi connectivity index (χ0n) is 19.0. The van der Waals surface area contributed by atoms with Gasteiger partial charge in [-0.1, -0.05) is 18.8 Å². The van der Waals surface area contributed by atoms with Gasteiger partial charge in [0.2, 0.25) is 5.78 Å². The van der Waals surface area contributed by atoms with E-state index in [1.807, 2.05) is 6.92 Å². The van der Waals surface area contributed by atoms with Crippen molar-refractivity contribution < 1.29 is 34.8 Å². The van der Waals surface area contributed by atoms with Gasteiger partial charge >= 0.3 is 0 Å². The molecule has 1 aromatic rings. The fraction of sp³-hybridized carbons (Fsp3) is 0.400. The molecule has 9 heteroatoms. The fourth-order valence-corrected chi connectivity index (χ4v) is 5.54. The monoisotopic (exact) mass is 466 g/mol. The smallest absolute Gasteiger partial charge is 0.255 e. The highest BCUT2D eigenvalue weighted by atomic mass is 16.3. The average Bonchev–Trinajstić information content (AvgIpc) is 2.75. The number of hydrogen-bond donors (Lipinski definition) is 5. The van der Waals surface area contributed by atoms with Crippen molar-refractivity contribution in [3.63, 3.8) is 0 Å². The average molecular weight is 466 g/mol. The molecule has 1 amide bonds. The standard InChI is InChI=1S/C25H26N2O7/c1-4-5-6-11-7-8-15(28)17-13(11)9-12-10-14-19(27(2)3)21(30)18(24(26)33)23(32)25(14,34)22(31)16(12)20(17)29/h7-8,12,14,19,28-29,32,34H,4,9-10H2,1-3H3,(H2,26,33)/t12-,14+,19-,25+/m1/s1. The number of primary amides is 1. The molecule has 0 radical (unpaired) electrons. The number of carbonyl (C=O) groups excluding carboxylic acids is 3. The third kappa shape index (κ3) is 3.06. The SMILES string of the molecule is CCC#Cc1ccc(O)c2c1C[C@@H]1C[C@H]3[C@@H](N(C)C)C(=O)C(C(N)=O)=C(O)[C@@]3(O)C(=O)C1=C2O. The van der Waals surface area contributed by atoms with E-state index in [1.165, 1.54) is 11.0 Å². The second kappa shape index (κ2) is 8.01. The third-order valence-electron chi connectivity index (χ3n) is 7.00. The zero-order valence-corrected chi connectivity index (χ0v) is 19.0. The molecule has 0 aromatic heterocycles. The molecule has 9 nitrogen and oxygen atoms in total. The van der Waals surface area contributed by atoms with Crippen molar-refractivity contribution in [1.82, 2.24) is 4.90 Å². The van der Waals surface area contributed by atoms with Gasteiger partial charge in [-0.2, -0.15) is 0 Å². The summed E-state index contributed by atoms with van der Waals surface area (Å²) >= 11 is 0. The Balaban J connectivity index is 1.98. The highest BCUT2D eigenvalue weighted by Crippen LogP contribution is 2.52. The number of benzene rings is 1. The number of phenols is 1. The van der Waals surface area contributed by atoms with Crippen molar-refractivity contribution >= 4 is 23.2 Å². The molecule has 3 aliphatic carbocycles. The van der Waals surface area contributed by atoms with Crippen molar-refractivity contribution in [2.24, 2.45) is 17.6 Å². The molecule has 0 bridgehead atoms.